The number of nitrogens with one attached hydrogen (secondary N) is 3. The Morgan fingerprint density at radius 1 is 1.40 bits per heavy atom. The highest BCUT2D eigenvalue weighted by atomic mass is 32.2. The second-order valence-electron chi connectivity index (χ2n) is 8.46. The molecule has 3 heterocycles. The first-order chi connectivity index (χ1) is 16.9. The minimum atomic E-state index is -0.957. The molecule has 2 aromatic heterocycles. The van der Waals surface area contributed by atoms with E-state index in [2.05, 4.69) is 27.2 Å². The fraction of sp³-hybridized carbons (Fsp3) is 0.320. The van der Waals surface area contributed by atoms with E-state index >= 15 is 0 Å². The lowest BCUT2D eigenvalue weighted by molar-refractivity contribution is 0.101. The highest BCUT2D eigenvalue weighted by Gasteiger charge is 2.27. The molecule has 3 aromatic rings. The molecular weight excluding hydrogens is 467 g/mol. The number of methoxy groups -OCH3 is 1. The second-order valence-corrected chi connectivity index (χ2v) is 9.75. The quantitative estimate of drug-likeness (QED) is 0.424. The average molecular weight is 495 g/mol. The van der Waals surface area contributed by atoms with Gasteiger partial charge < -0.3 is 14.6 Å². The summed E-state index contributed by atoms with van der Waals surface area (Å²) in [6.07, 6.45) is 6.16. The summed E-state index contributed by atoms with van der Waals surface area (Å²) in [6, 6.07) is 12.4. The van der Waals surface area contributed by atoms with Crippen LogP contribution in [0.4, 0.5) is 10.1 Å². The molecule has 0 radical (unpaired) electrons. The zero-order chi connectivity index (χ0) is 24.9. The number of amides is 1. The molecule has 2 unspecified atom stereocenters. The molecular formula is C25H27FN6O2S. The van der Waals surface area contributed by atoms with Crippen molar-refractivity contribution < 1.29 is 13.9 Å². The van der Waals surface area contributed by atoms with Crippen LogP contribution in [0.1, 0.15) is 46.6 Å². The van der Waals surface area contributed by atoms with Crippen LogP contribution in [0.5, 0.6) is 5.75 Å². The highest BCUT2D eigenvalue weighted by Crippen LogP contribution is 2.28. The number of carbonyl (C=O) groups excluding carboxylic acids is 1. The van der Waals surface area contributed by atoms with E-state index in [0.29, 0.717) is 12.1 Å². The van der Waals surface area contributed by atoms with E-state index in [9.17, 15) is 9.18 Å². The van der Waals surface area contributed by atoms with Gasteiger partial charge in [0.15, 0.2) is 0 Å². The summed E-state index contributed by atoms with van der Waals surface area (Å²) in [7, 11) is 2.46. The number of nitrogens with zero attached hydrogens (tertiary/aromatic N) is 3. The zero-order valence-electron chi connectivity index (χ0n) is 19.6. The number of carbonyl (C=O) groups is 1. The number of hydrogen-bond acceptors (Lipinski definition) is 5. The monoisotopic (exact) mass is 494 g/mol. The smallest absolute Gasteiger partial charge is 0.272 e. The van der Waals surface area contributed by atoms with E-state index in [1.807, 2.05) is 18.3 Å². The fourth-order valence-corrected chi connectivity index (χ4v) is 5.74. The number of halogens is 1. The van der Waals surface area contributed by atoms with Crippen LogP contribution in [0.25, 0.3) is 0 Å². The van der Waals surface area contributed by atoms with Gasteiger partial charge in [0.1, 0.15) is 23.2 Å². The van der Waals surface area contributed by atoms with Crippen LogP contribution in [0.15, 0.2) is 47.5 Å². The molecule has 0 fully saturated rings. The van der Waals surface area contributed by atoms with Crippen LogP contribution in [-0.2, 0) is 30.8 Å². The maximum Gasteiger partial charge on any atom is 0.272 e. The summed E-state index contributed by atoms with van der Waals surface area (Å²) in [5, 5.41) is 11.7. The van der Waals surface area contributed by atoms with Crippen molar-refractivity contribution in [3.05, 3.63) is 71.1 Å². The van der Waals surface area contributed by atoms with E-state index in [-0.39, 0.29) is 17.4 Å². The topological polar surface area (TPSA) is 116 Å². The predicted molar refractivity (Wildman–Crippen MR) is 132 cm³/mol. The van der Waals surface area contributed by atoms with Crippen LogP contribution in [-0.4, -0.2) is 28.6 Å². The van der Waals surface area contributed by atoms with Crippen LogP contribution < -0.4 is 14.8 Å². The van der Waals surface area contributed by atoms with Gasteiger partial charge in [0.25, 0.3) is 5.91 Å². The van der Waals surface area contributed by atoms with Crippen molar-refractivity contribution in [2.24, 2.45) is 7.05 Å². The van der Waals surface area contributed by atoms with Gasteiger partial charge in [0, 0.05) is 31.0 Å². The molecule has 10 heteroatoms. The number of aromatic nitrogens is 2. The number of benzene rings is 1. The molecule has 1 aliphatic rings. The molecule has 0 aliphatic carbocycles. The van der Waals surface area contributed by atoms with Crippen molar-refractivity contribution in [3.8, 4) is 11.8 Å². The normalized spacial score (nSPS) is 17.2. The van der Waals surface area contributed by atoms with Crippen molar-refractivity contribution in [1.82, 2.24) is 14.3 Å². The number of aryl methyl sites for hydroxylation is 2. The molecule has 1 aromatic carbocycles. The van der Waals surface area contributed by atoms with Crippen molar-refractivity contribution in [3.63, 3.8) is 0 Å². The van der Waals surface area contributed by atoms with E-state index < -0.39 is 22.7 Å². The Morgan fingerprint density at radius 2 is 2.17 bits per heavy atom. The van der Waals surface area contributed by atoms with E-state index in [1.54, 1.807) is 24.8 Å². The van der Waals surface area contributed by atoms with Crippen LogP contribution in [0, 0.1) is 22.1 Å². The minimum Gasteiger partial charge on any atom is -0.497 e. The Labute approximate surface area is 206 Å². The Morgan fingerprint density at radius 3 is 2.89 bits per heavy atom. The lowest BCUT2D eigenvalue weighted by Crippen LogP contribution is -2.29. The zero-order valence-corrected chi connectivity index (χ0v) is 20.4. The molecule has 1 amide bonds. The lowest BCUT2D eigenvalue weighted by atomic mass is 9.99. The van der Waals surface area contributed by atoms with Gasteiger partial charge in [-0.25, -0.2) is 9.71 Å². The molecule has 4 rings (SSSR count). The predicted octanol–water partition coefficient (Wildman–Crippen LogP) is 4.27. The molecule has 8 nitrogen and oxygen atoms in total. The first-order valence-electron chi connectivity index (χ1n) is 11.3. The number of nitriles is 1. The Bertz CT molecular complexity index is 1300. The van der Waals surface area contributed by atoms with Gasteiger partial charge in [0.2, 0.25) is 5.95 Å². The second kappa shape index (κ2) is 10.8. The van der Waals surface area contributed by atoms with Crippen LogP contribution in [0.2, 0.25) is 0 Å². The van der Waals surface area contributed by atoms with Gasteiger partial charge in [-0.2, -0.15) is 9.65 Å². The van der Waals surface area contributed by atoms with Crippen molar-refractivity contribution >= 4 is 22.5 Å². The Hall–Kier alpha value is -3.55. The number of pyridine rings is 1. The molecule has 0 spiro atoms. The highest BCUT2D eigenvalue weighted by molar-refractivity contribution is 7.84. The largest absolute Gasteiger partial charge is 0.497 e. The molecule has 1 aliphatic heterocycles. The first kappa shape index (κ1) is 24.6. The van der Waals surface area contributed by atoms with E-state index in [0.717, 1.165) is 48.0 Å². The minimum absolute atomic E-state index is 0.111. The maximum atomic E-state index is 13.7. The standard InChI is InChI=1S/C25H27FN6O2S/c1-32-15-22-21(24(32)25(33)30-18-12-19(14-27)29-23(26)13-18)11-8-17(31-35(22)28)5-3-4-16-6-9-20(34-2)10-7-16/h6-7,9-10,12-13,15,17H,3-5,8,11H2,1-2H3,(H2,28,31)(H,29,30,33). The van der Waals surface area contributed by atoms with Gasteiger partial charge in [0.05, 0.1) is 12.0 Å². The Kier molecular flexibility index (Phi) is 7.58. The third kappa shape index (κ3) is 5.75. The molecule has 3 N–H and O–H groups in total. The summed E-state index contributed by atoms with van der Waals surface area (Å²) in [5.41, 5.74) is 2.59. The Balaban J connectivity index is 1.43. The number of fused-ring (bicyclic) bond motifs is 1. The van der Waals surface area contributed by atoms with Crippen molar-refractivity contribution in [2.75, 3.05) is 12.4 Å². The van der Waals surface area contributed by atoms with Crippen molar-refractivity contribution in [1.29, 1.82) is 10.0 Å². The van der Waals surface area contributed by atoms with Crippen LogP contribution >= 0.6 is 0 Å². The molecule has 0 saturated carbocycles. The van der Waals surface area contributed by atoms with E-state index in [1.165, 1.54) is 11.6 Å². The maximum absolute atomic E-state index is 13.7. The SMILES string of the molecule is COc1ccc(CCCC2CCc3c(cn(C)c3C(=O)Nc3cc(F)nc(C#N)c3)S(=N)N2)cc1. The molecule has 182 valence electrons. The third-order valence-electron chi connectivity index (χ3n) is 6.05. The number of ether oxygens (including phenoxy) is 1. The molecule has 35 heavy (non-hydrogen) atoms. The summed E-state index contributed by atoms with van der Waals surface area (Å²) < 4.78 is 32.7. The molecule has 0 saturated heterocycles. The van der Waals surface area contributed by atoms with Crippen molar-refractivity contribution in [2.45, 2.75) is 43.0 Å². The van der Waals surface area contributed by atoms with E-state index in [4.69, 9.17) is 14.8 Å². The van der Waals surface area contributed by atoms with Gasteiger partial charge in [-0.15, -0.1) is 0 Å². The summed E-state index contributed by atoms with van der Waals surface area (Å²) in [6.45, 7) is 0. The summed E-state index contributed by atoms with van der Waals surface area (Å²) >= 11 is 0. The third-order valence-corrected chi connectivity index (χ3v) is 7.41. The summed E-state index contributed by atoms with van der Waals surface area (Å²) in [5.74, 6) is -0.396. The van der Waals surface area contributed by atoms with Gasteiger partial charge >= 0.3 is 0 Å². The van der Waals surface area contributed by atoms with Gasteiger partial charge in [-0.05, 0) is 72.3 Å². The number of hydrogen-bond donors (Lipinski definition) is 3. The average Bonchev–Trinajstić information content (AvgIpc) is 3.10. The number of anilines is 1. The lowest BCUT2D eigenvalue weighted by Gasteiger charge is -2.16. The fourth-order valence-electron chi connectivity index (χ4n) is 4.33. The van der Waals surface area contributed by atoms with Gasteiger partial charge in [-0.1, -0.05) is 12.1 Å². The van der Waals surface area contributed by atoms with Crippen LogP contribution in [0.3, 0.4) is 0 Å². The molecule has 2 atom stereocenters. The molecule has 0 bridgehead atoms. The summed E-state index contributed by atoms with van der Waals surface area (Å²) in [4.78, 5) is 17.4. The van der Waals surface area contributed by atoms with Gasteiger partial charge in [-0.3, -0.25) is 9.57 Å². The first-order valence-corrected chi connectivity index (χ1v) is 12.5. The number of rotatable bonds is 7.